The highest BCUT2D eigenvalue weighted by molar-refractivity contribution is 7.80. The molecule has 0 aliphatic rings. The van der Waals surface area contributed by atoms with Crippen LogP contribution in [0.3, 0.4) is 0 Å². The number of benzene rings is 1. The smallest absolute Gasteiger partial charge is 0.252 e. The molecule has 0 spiro atoms. The topological polar surface area (TPSA) is 59.8 Å². The number of rotatable bonds is 4. The van der Waals surface area contributed by atoms with Gasteiger partial charge in [-0.3, -0.25) is 4.79 Å². The molecule has 2 heterocycles. The molecule has 3 rings (SSSR count). The Kier molecular flexibility index (Phi) is 4.34. The van der Waals surface area contributed by atoms with E-state index in [1.807, 2.05) is 44.2 Å². The Balaban J connectivity index is 2.21. The number of aromatic nitrogens is 3. The minimum absolute atomic E-state index is 0.120. The van der Waals surface area contributed by atoms with E-state index in [4.69, 9.17) is 0 Å². The van der Waals surface area contributed by atoms with Crippen LogP contribution in [0.2, 0.25) is 0 Å². The fraction of sp³-hybridized carbons (Fsp3) is 0.235. The number of nitrogens with zero attached hydrogens (tertiary/aromatic N) is 3. The van der Waals surface area contributed by atoms with Crippen molar-refractivity contribution in [1.82, 2.24) is 20.1 Å². The molecule has 0 aliphatic carbocycles. The van der Waals surface area contributed by atoms with Crippen LogP contribution in [0.1, 0.15) is 21.7 Å². The van der Waals surface area contributed by atoms with E-state index in [9.17, 15) is 4.79 Å². The second-order valence-electron chi connectivity index (χ2n) is 5.32. The number of aryl methyl sites for hydroxylation is 2. The molecule has 23 heavy (non-hydrogen) atoms. The van der Waals surface area contributed by atoms with Gasteiger partial charge in [-0.05, 0) is 32.0 Å². The third-order valence-corrected chi connectivity index (χ3v) is 3.81. The SMILES string of the molecule is Cc1cc(C(=O)NCCS)c2c(C)nn(-c3ccccc3)c2n1. The lowest BCUT2D eigenvalue weighted by atomic mass is 10.1. The van der Waals surface area contributed by atoms with Gasteiger partial charge in [0, 0.05) is 18.0 Å². The number of pyridine rings is 1. The zero-order valence-electron chi connectivity index (χ0n) is 13.1. The summed E-state index contributed by atoms with van der Waals surface area (Å²) in [5.41, 5.74) is 3.79. The van der Waals surface area contributed by atoms with Crippen LogP contribution in [0, 0.1) is 13.8 Å². The molecule has 1 N–H and O–H groups in total. The van der Waals surface area contributed by atoms with Crippen molar-refractivity contribution < 1.29 is 4.79 Å². The van der Waals surface area contributed by atoms with E-state index >= 15 is 0 Å². The monoisotopic (exact) mass is 326 g/mol. The molecule has 5 nitrogen and oxygen atoms in total. The summed E-state index contributed by atoms with van der Waals surface area (Å²) in [5.74, 6) is 0.478. The first-order valence-corrected chi connectivity index (χ1v) is 8.06. The van der Waals surface area contributed by atoms with Gasteiger partial charge in [0.05, 0.1) is 22.3 Å². The Morgan fingerprint density at radius 2 is 2.00 bits per heavy atom. The van der Waals surface area contributed by atoms with E-state index in [2.05, 4.69) is 28.0 Å². The maximum absolute atomic E-state index is 12.5. The van der Waals surface area contributed by atoms with E-state index in [0.29, 0.717) is 23.5 Å². The molecular weight excluding hydrogens is 308 g/mol. The summed E-state index contributed by atoms with van der Waals surface area (Å²) in [6, 6.07) is 11.6. The van der Waals surface area contributed by atoms with Crippen molar-refractivity contribution in [2.45, 2.75) is 13.8 Å². The van der Waals surface area contributed by atoms with Gasteiger partial charge >= 0.3 is 0 Å². The molecule has 2 aromatic heterocycles. The number of hydrogen-bond donors (Lipinski definition) is 2. The Morgan fingerprint density at radius 3 is 2.70 bits per heavy atom. The third kappa shape index (κ3) is 2.94. The molecule has 0 saturated carbocycles. The van der Waals surface area contributed by atoms with Gasteiger partial charge in [-0.25, -0.2) is 9.67 Å². The molecular formula is C17H18N4OS. The summed E-state index contributed by atoms with van der Waals surface area (Å²) in [6.07, 6.45) is 0. The molecule has 1 amide bonds. The number of carbonyl (C=O) groups excluding carboxylic acids is 1. The summed E-state index contributed by atoms with van der Waals surface area (Å²) >= 11 is 4.13. The second-order valence-corrected chi connectivity index (χ2v) is 5.77. The van der Waals surface area contributed by atoms with Crippen molar-refractivity contribution in [3.05, 3.63) is 53.3 Å². The van der Waals surface area contributed by atoms with Crippen molar-refractivity contribution in [1.29, 1.82) is 0 Å². The molecule has 1 aromatic carbocycles. The normalized spacial score (nSPS) is 10.9. The summed E-state index contributed by atoms with van der Waals surface area (Å²) in [5, 5.41) is 8.24. The van der Waals surface area contributed by atoms with Crippen molar-refractivity contribution >= 4 is 29.6 Å². The fourth-order valence-electron chi connectivity index (χ4n) is 2.61. The Hall–Kier alpha value is -2.34. The summed E-state index contributed by atoms with van der Waals surface area (Å²) in [6.45, 7) is 4.30. The van der Waals surface area contributed by atoms with E-state index in [0.717, 1.165) is 22.5 Å². The lowest BCUT2D eigenvalue weighted by Gasteiger charge is -2.07. The zero-order valence-corrected chi connectivity index (χ0v) is 14.0. The third-order valence-electron chi connectivity index (χ3n) is 3.58. The first-order valence-electron chi connectivity index (χ1n) is 7.43. The molecule has 0 atom stereocenters. The van der Waals surface area contributed by atoms with Gasteiger partial charge in [0.25, 0.3) is 5.91 Å². The van der Waals surface area contributed by atoms with E-state index < -0.39 is 0 Å². The first-order chi connectivity index (χ1) is 11.1. The van der Waals surface area contributed by atoms with Gasteiger partial charge in [0.1, 0.15) is 0 Å². The summed E-state index contributed by atoms with van der Waals surface area (Å²) < 4.78 is 1.78. The lowest BCUT2D eigenvalue weighted by molar-refractivity contribution is 0.0957. The summed E-state index contributed by atoms with van der Waals surface area (Å²) in [7, 11) is 0. The molecule has 0 aliphatic heterocycles. The quantitative estimate of drug-likeness (QED) is 0.725. The maximum atomic E-state index is 12.5. The van der Waals surface area contributed by atoms with Gasteiger partial charge < -0.3 is 5.32 Å². The predicted octanol–water partition coefficient (Wildman–Crippen LogP) is 2.70. The molecule has 3 aromatic rings. The number of amides is 1. The van der Waals surface area contributed by atoms with E-state index in [-0.39, 0.29) is 5.91 Å². The van der Waals surface area contributed by atoms with Gasteiger partial charge in [0.15, 0.2) is 5.65 Å². The second kappa shape index (κ2) is 6.42. The number of carbonyl (C=O) groups is 1. The molecule has 0 unspecified atom stereocenters. The fourth-order valence-corrected chi connectivity index (χ4v) is 2.72. The Bertz CT molecular complexity index is 858. The highest BCUT2D eigenvalue weighted by atomic mass is 32.1. The highest BCUT2D eigenvalue weighted by Crippen LogP contribution is 2.24. The van der Waals surface area contributed by atoms with Crippen molar-refractivity contribution in [2.75, 3.05) is 12.3 Å². The average molecular weight is 326 g/mol. The number of hydrogen-bond acceptors (Lipinski definition) is 4. The average Bonchev–Trinajstić information content (AvgIpc) is 2.89. The lowest BCUT2D eigenvalue weighted by Crippen LogP contribution is -2.25. The maximum Gasteiger partial charge on any atom is 0.252 e. The first kappa shape index (κ1) is 15.6. The molecule has 0 saturated heterocycles. The minimum Gasteiger partial charge on any atom is -0.351 e. The number of thiol groups is 1. The van der Waals surface area contributed by atoms with Crippen LogP contribution >= 0.6 is 12.6 Å². The van der Waals surface area contributed by atoms with Gasteiger partial charge in [-0.1, -0.05) is 18.2 Å². The van der Waals surface area contributed by atoms with Crippen molar-refractivity contribution in [3.63, 3.8) is 0 Å². The highest BCUT2D eigenvalue weighted by Gasteiger charge is 2.19. The van der Waals surface area contributed by atoms with E-state index in [1.54, 1.807) is 10.7 Å². The molecule has 0 radical (unpaired) electrons. The van der Waals surface area contributed by atoms with Crippen LogP contribution in [0.25, 0.3) is 16.7 Å². The predicted molar refractivity (Wildman–Crippen MR) is 94.5 cm³/mol. The van der Waals surface area contributed by atoms with E-state index in [1.165, 1.54) is 0 Å². The summed E-state index contributed by atoms with van der Waals surface area (Å²) in [4.78, 5) is 17.1. The molecule has 0 bridgehead atoms. The molecule has 0 fully saturated rings. The van der Waals surface area contributed by atoms with Gasteiger partial charge in [-0.2, -0.15) is 17.7 Å². The van der Waals surface area contributed by atoms with Crippen LogP contribution in [-0.2, 0) is 0 Å². The van der Waals surface area contributed by atoms with Crippen LogP contribution < -0.4 is 5.32 Å². The Labute approximate surface area is 140 Å². The number of fused-ring (bicyclic) bond motifs is 1. The van der Waals surface area contributed by atoms with Crippen LogP contribution in [0.4, 0.5) is 0 Å². The standard InChI is InChI=1S/C17H18N4OS/c1-11-10-14(17(22)18-8-9-23)15-12(2)20-21(16(15)19-11)13-6-4-3-5-7-13/h3-7,10,23H,8-9H2,1-2H3,(H,18,22). The van der Waals surface area contributed by atoms with Crippen LogP contribution in [0.15, 0.2) is 36.4 Å². The van der Waals surface area contributed by atoms with Crippen LogP contribution in [0.5, 0.6) is 0 Å². The molecule has 6 heteroatoms. The van der Waals surface area contributed by atoms with Gasteiger partial charge in [-0.15, -0.1) is 0 Å². The van der Waals surface area contributed by atoms with Crippen molar-refractivity contribution in [2.24, 2.45) is 0 Å². The number of nitrogens with one attached hydrogen (secondary N) is 1. The van der Waals surface area contributed by atoms with Crippen molar-refractivity contribution in [3.8, 4) is 5.69 Å². The minimum atomic E-state index is -0.120. The number of para-hydroxylation sites is 1. The van der Waals surface area contributed by atoms with Crippen LogP contribution in [-0.4, -0.2) is 33.0 Å². The molecule has 118 valence electrons. The van der Waals surface area contributed by atoms with Gasteiger partial charge in [0.2, 0.25) is 0 Å². The largest absolute Gasteiger partial charge is 0.351 e. The zero-order chi connectivity index (χ0) is 16.4. The Morgan fingerprint density at radius 1 is 1.26 bits per heavy atom.